The summed E-state index contributed by atoms with van der Waals surface area (Å²) >= 11 is 0. The number of hydrogen-bond donors (Lipinski definition) is 2. The molecule has 2 N–H and O–H groups in total. The Morgan fingerprint density at radius 1 is 1.30 bits per heavy atom. The number of carbonyl (C=O) groups is 1. The van der Waals surface area contributed by atoms with Crippen LogP contribution in [-0.4, -0.2) is 40.5 Å². The fourth-order valence-electron chi connectivity index (χ4n) is 4.56. The van der Waals surface area contributed by atoms with Crippen molar-refractivity contribution in [2.24, 2.45) is 13.0 Å². The van der Waals surface area contributed by atoms with Gasteiger partial charge in [0.05, 0.1) is 11.8 Å². The second-order valence-corrected chi connectivity index (χ2v) is 8.30. The molecule has 2 fully saturated rings. The molecule has 0 radical (unpaired) electrons. The van der Waals surface area contributed by atoms with Crippen molar-refractivity contribution in [1.82, 2.24) is 20.4 Å². The minimum absolute atomic E-state index is 0.0467. The van der Waals surface area contributed by atoms with Crippen LogP contribution in [0.3, 0.4) is 0 Å². The molecule has 2 saturated carbocycles. The summed E-state index contributed by atoms with van der Waals surface area (Å²) in [6.07, 6.45) is 11.2. The molecule has 2 aliphatic carbocycles. The van der Waals surface area contributed by atoms with Crippen LogP contribution < -0.4 is 10.6 Å². The van der Waals surface area contributed by atoms with E-state index in [1.807, 2.05) is 20.2 Å². The van der Waals surface area contributed by atoms with Gasteiger partial charge in [0, 0.05) is 50.0 Å². The van der Waals surface area contributed by atoms with E-state index in [9.17, 15) is 4.79 Å². The molecule has 152 valence electrons. The summed E-state index contributed by atoms with van der Waals surface area (Å²) in [6.45, 7) is 5.45. The fraction of sp³-hybridized carbons (Fsp3) is 0.810. The number of nitrogens with one attached hydrogen (secondary N) is 2. The lowest BCUT2D eigenvalue weighted by molar-refractivity contribution is -0.128. The van der Waals surface area contributed by atoms with Crippen molar-refractivity contribution >= 4 is 5.91 Å². The van der Waals surface area contributed by atoms with Crippen molar-refractivity contribution in [3.05, 3.63) is 17.5 Å². The van der Waals surface area contributed by atoms with Gasteiger partial charge in [-0.2, -0.15) is 5.10 Å². The number of rotatable bonds is 8. The molecule has 0 unspecified atom stereocenters. The molecule has 1 aromatic heterocycles. The van der Waals surface area contributed by atoms with Gasteiger partial charge < -0.3 is 15.4 Å². The van der Waals surface area contributed by atoms with Crippen molar-refractivity contribution in [3.63, 3.8) is 0 Å². The Balaban J connectivity index is 1.53. The molecule has 1 amide bonds. The van der Waals surface area contributed by atoms with E-state index < -0.39 is 0 Å². The molecule has 6 heteroatoms. The van der Waals surface area contributed by atoms with Crippen LogP contribution in [-0.2, 0) is 23.1 Å². The first-order valence-electron chi connectivity index (χ1n) is 10.7. The van der Waals surface area contributed by atoms with Gasteiger partial charge in [0.2, 0.25) is 5.91 Å². The van der Waals surface area contributed by atoms with Gasteiger partial charge in [-0.05, 0) is 45.4 Å². The monoisotopic (exact) mass is 376 g/mol. The molecule has 3 rings (SSSR count). The topological polar surface area (TPSA) is 68.2 Å². The number of aryl methyl sites for hydroxylation is 2. The van der Waals surface area contributed by atoms with E-state index in [-0.39, 0.29) is 17.9 Å². The molecular formula is C21H36N4O2. The van der Waals surface area contributed by atoms with Crippen LogP contribution in [0.15, 0.2) is 6.20 Å². The van der Waals surface area contributed by atoms with Crippen molar-refractivity contribution in [3.8, 4) is 0 Å². The average Bonchev–Trinajstić information content (AvgIpc) is 3.27. The zero-order chi connectivity index (χ0) is 19.2. The summed E-state index contributed by atoms with van der Waals surface area (Å²) < 4.78 is 7.96. The minimum atomic E-state index is 0.0467. The van der Waals surface area contributed by atoms with Crippen molar-refractivity contribution in [1.29, 1.82) is 0 Å². The Labute approximate surface area is 163 Å². The van der Waals surface area contributed by atoms with Gasteiger partial charge in [0.15, 0.2) is 0 Å². The first kappa shape index (κ1) is 20.3. The predicted octanol–water partition coefficient (Wildman–Crippen LogP) is 2.84. The standard InChI is InChI=1S/C21H36N4O2/c1-4-11-27-20-12-16(9-10-19(20)23-18-7-5-6-8-18)21(26)22-13-17-14-25(3)24-15(17)2/h14,16,18-20,23H,4-13H2,1-3H3,(H,22,26)/t16-,19+,20+/m0/s1. The normalized spacial score (nSPS) is 26.4. The van der Waals surface area contributed by atoms with Gasteiger partial charge in [0.25, 0.3) is 0 Å². The first-order valence-corrected chi connectivity index (χ1v) is 10.7. The van der Waals surface area contributed by atoms with Crippen LogP contribution in [0.1, 0.15) is 69.5 Å². The smallest absolute Gasteiger partial charge is 0.223 e. The maximum absolute atomic E-state index is 12.7. The third kappa shape index (κ3) is 5.55. The Morgan fingerprint density at radius 2 is 2.07 bits per heavy atom. The Hall–Kier alpha value is -1.40. The second-order valence-electron chi connectivity index (χ2n) is 8.30. The van der Waals surface area contributed by atoms with Gasteiger partial charge in [-0.15, -0.1) is 0 Å². The molecule has 0 saturated heterocycles. The highest BCUT2D eigenvalue weighted by Gasteiger charge is 2.35. The number of amides is 1. The van der Waals surface area contributed by atoms with E-state index in [4.69, 9.17) is 4.74 Å². The number of nitrogens with zero attached hydrogens (tertiary/aromatic N) is 2. The van der Waals surface area contributed by atoms with E-state index in [0.717, 1.165) is 43.5 Å². The molecule has 0 spiro atoms. The van der Waals surface area contributed by atoms with E-state index >= 15 is 0 Å². The maximum atomic E-state index is 12.7. The Kier molecular flexibility index (Phi) is 7.30. The summed E-state index contributed by atoms with van der Waals surface area (Å²) in [4.78, 5) is 12.7. The van der Waals surface area contributed by atoms with Crippen LogP contribution in [0.2, 0.25) is 0 Å². The summed E-state index contributed by atoms with van der Waals surface area (Å²) in [5.74, 6) is 0.202. The quantitative estimate of drug-likeness (QED) is 0.732. The zero-order valence-corrected chi connectivity index (χ0v) is 17.2. The Morgan fingerprint density at radius 3 is 2.74 bits per heavy atom. The summed E-state index contributed by atoms with van der Waals surface area (Å²) in [6, 6.07) is 1.03. The largest absolute Gasteiger partial charge is 0.377 e. The second kappa shape index (κ2) is 9.69. The third-order valence-electron chi connectivity index (χ3n) is 6.07. The molecular weight excluding hydrogens is 340 g/mol. The highest BCUT2D eigenvalue weighted by Crippen LogP contribution is 2.29. The maximum Gasteiger partial charge on any atom is 0.223 e. The lowest BCUT2D eigenvalue weighted by atomic mass is 9.82. The number of hydrogen-bond acceptors (Lipinski definition) is 4. The molecule has 0 aromatic carbocycles. The third-order valence-corrected chi connectivity index (χ3v) is 6.07. The van der Waals surface area contributed by atoms with Crippen LogP contribution >= 0.6 is 0 Å². The van der Waals surface area contributed by atoms with Gasteiger partial charge >= 0.3 is 0 Å². The highest BCUT2D eigenvalue weighted by molar-refractivity contribution is 5.78. The SMILES string of the molecule is CCCO[C@@H]1C[C@@H](C(=O)NCc2cn(C)nc2C)CC[C@H]1NC1CCCC1. The zero-order valence-electron chi connectivity index (χ0n) is 17.2. The first-order chi connectivity index (χ1) is 13.1. The molecule has 6 nitrogen and oxygen atoms in total. The summed E-state index contributed by atoms with van der Waals surface area (Å²) in [5.41, 5.74) is 2.06. The van der Waals surface area contributed by atoms with E-state index in [1.165, 1.54) is 25.7 Å². The number of carbonyl (C=O) groups excluding carboxylic acids is 1. The summed E-state index contributed by atoms with van der Waals surface area (Å²) in [5, 5.41) is 11.3. The van der Waals surface area contributed by atoms with E-state index in [2.05, 4.69) is 22.7 Å². The van der Waals surface area contributed by atoms with Crippen molar-refractivity contribution in [2.45, 2.75) is 89.9 Å². The molecule has 1 aromatic rings. The predicted molar refractivity (Wildman–Crippen MR) is 106 cm³/mol. The highest BCUT2D eigenvalue weighted by atomic mass is 16.5. The molecule has 27 heavy (non-hydrogen) atoms. The fourth-order valence-corrected chi connectivity index (χ4v) is 4.56. The summed E-state index contributed by atoms with van der Waals surface area (Å²) in [7, 11) is 1.91. The average molecular weight is 377 g/mol. The van der Waals surface area contributed by atoms with Crippen LogP contribution in [0.5, 0.6) is 0 Å². The van der Waals surface area contributed by atoms with Crippen molar-refractivity contribution < 1.29 is 9.53 Å². The lowest BCUT2D eigenvalue weighted by Crippen LogP contribution is -2.50. The van der Waals surface area contributed by atoms with Crippen LogP contribution in [0.25, 0.3) is 0 Å². The van der Waals surface area contributed by atoms with Gasteiger partial charge in [-0.1, -0.05) is 19.8 Å². The molecule has 2 aliphatic rings. The van der Waals surface area contributed by atoms with Crippen LogP contribution in [0, 0.1) is 12.8 Å². The molecule has 0 bridgehead atoms. The Bertz CT molecular complexity index is 609. The van der Waals surface area contributed by atoms with Crippen molar-refractivity contribution in [2.75, 3.05) is 6.61 Å². The minimum Gasteiger partial charge on any atom is -0.377 e. The molecule has 0 aliphatic heterocycles. The van der Waals surface area contributed by atoms with Gasteiger partial charge in [-0.3, -0.25) is 9.48 Å². The van der Waals surface area contributed by atoms with Gasteiger partial charge in [-0.25, -0.2) is 0 Å². The number of ether oxygens (including phenoxy) is 1. The molecule has 1 heterocycles. The van der Waals surface area contributed by atoms with E-state index in [0.29, 0.717) is 18.6 Å². The van der Waals surface area contributed by atoms with Crippen LogP contribution in [0.4, 0.5) is 0 Å². The molecule has 3 atom stereocenters. The number of aromatic nitrogens is 2. The van der Waals surface area contributed by atoms with E-state index in [1.54, 1.807) is 4.68 Å². The van der Waals surface area contributed by atoms with Gasteiger partial charge in [0.1, 0.15) is 0 Å². The lowest BCUT2D eigenvalue weighted by Gasteiger charge is -2.37.